The largest absolute Gasteiger partial charge is 0.300 e. The molecule has 0 aliphatic heterocycles. The fourth-order valence-corrected chi connectivity index (χ4v) is 7.85. The molecule has 0 saturated carbocycles. The molecule has 1 aromatic carbocycles. The van der Waals surface area contributed by atoms with Gasteiger partial charge in [-0.15, -0.1) is 0 Å². The van der Waals surface area contributed by atoms with E-state index in [1.54, 1.807) is 0 Å². The van der Waals surface area contributed by atoms with E-state index in [9.17, 15) is 14.4 Å². The molecule has 0 N–H and O–H groups in total. The Morgan fingerprint density at radius 2 is 1.57 bits per heavy atom. The number of rotatable bonds is 16. The summed E-state index contributed by atoms with van der Waals surface area (Å²) in [5.41, 5.74) is 7.15. The van der Waals surface area contributed by atoms with Crippen LogP contribution in [-0.4, -0.2) is 17.3 Å². The molecular weight excluding hydrogens is 540 g/mol. The third-order valence-corrected chi connectivity index (χ3v) is 9.82. The molecule has 240 valence electrons. The van der Waals surface area contributed by atoms with E-state index < -0.39 is 0 Å². The molecule has 3 nitrogen and oxygen atoms in total. The second kappa shape index (κ2) is 18.2. The minimum atomic E-state index is -0.112. The fraction of sp³-hybridized carbons (Fsp3) is 0.585. The van der Waals surface area contributed by atoms with Gasteiger partial charge >= 0.3 is 0 Å². The molecule has 3 heteroatoms. The van der Waals surface area contributed by atoms with Crippen LogP contribution in [0.25, 0.3) is 5.57 Å². The van der Waals surface area contributed by atoms with Crippen molar-refractivity contribution in [2.24, 2.45) is 23.7 Å². The minimum Gasteiger partial charge on any atom is -0.300 e. The third-order valence-electron chi connectivity index (χ3n) is 9.82. The van der Waals surface area contributed by atoms with Crippen LogP contribution in [0.4, 0.5) is 0 Å². The Hall–Kier alpha value is -2.81. The van der Waals surface area contributed by atoms with E-state index in [2.05, 4.69) is 83.2 Å². The Morgan fingerprint density at radius 1 is 0.886 bits per heavy atom. The summed E-state index contributed by atoms with van der Waals surface area (Å²) in [5, 5.41) is 0. The van der Waals surface area contributed by atoms with Gasteiger partial charge in [0.25, 0.3) is 0 Å². The number of carbonyl (C=O) groups is 3. The number of hydrogen-bond donors (Lipinski definition) is 0. The van der Waals surface area contributed by atoms with Crippen LogP contribution in [0.3, 0.4) is 0 Å². The summed E-state index contributed by atoms with van der Waals surface area (Å²) in [6, 6.07) is 4.37. The van der Waals surface area contributed by atoms with Gasteiger partial charge in [0, 0.05) is 17.9 Å². The quantitative estimate of drug-likeness (QED) is 0.178. The van der Waals surface area contributed by atoms with Gasteiger partial charge in [-0.1, -0.05) is 120 Å². The molecule has 0 fully saturated rings. The zero-order valence-electron chi connectivity index (χ0n) is 28.6. The topological polar surface area (TPSA) is 51.2 Å². The van der Waals surface area contributed by atoms with Crippen LogP contribution in [0, 0.1) is 30.6 Å². The van der Waals surface area contributed by atoms with Gasteiger partial charge in [0.15, 0.2) is 5.78 Å². The Bertz CT molecular complexity index is 1250. The molecule has 0 heterocycles. The maximum Gasteiger partial charge on any atom is 0.163 e. The molecule has 2 aliphatic rings. The molecule has 3 atom stereocenters. The Morgan fingerprint density at radius 3 is 2.20 bits per heavy atom. The van der Waals surface area contributed by atoms with Crippen molar-refractivity contribution in [2.75, 3.05) is 0 Å². The number of aryl methyl sites for hydroxylation is 1. The van der Waals surface area contributed by atoms with Gasteiger partial charge in [0.05, 0.1) is 6.42 Å². The predicted octanol–water partition coefficient (Wildman–Crippen LogP) is 10.9. The summed E-state index contributed by atoms with van der Waals surface area (Å²) in [6.07, 6.45) is 26.5. The summed E-state index contributed by atoms with van der Waals surface area (Å²) < 4.78 is 0. The van der Waals surface area contributed by atoms with E-state index in [0.717, 1.165) is 68.4 Å². The van der Waals surface area contributed by atoms with Gasteiger partial charge in [0.2, 0.25) is 0 Å². The van der Waals surface area contributed by atoms with Crippen LogP contribution in [0.5, 0.6) is 0 Å². The first-order chi connectivity index (χ1) is 21.2. The van der Waals surface area contributed by atoms with Gasteiger partial charge in [-0.3, -0.25) is 14.4 Å². The van der Waals surface area contributed by atoms with Crippen molar-refractivity contribution in [3.63, 3.8) is 0 Å². The molecular formula is C41H58O3. The second-order valence-electron chi connectivity index (χ2n) is 13.6. The number of ketones is 3. The van der Waals surface area contributed by atoms with Crippen molar-refractivity contribution in [3.05, 3.63) is 76.4 Å². The van der Waals surface area contributed by atoms with E-state index in [1.807, 2.05) is 0 Å². The average molecular weight is 599 g/mol. The Labute approximate surface area is 268 Å². The van der Waals surface area contributed by atoms with Crippen LogP contribution >= 0.6 is 0 Å². The SMILES string of the molecule is CCCC(CCC)C/C1=C/C=C(/c2ccc(C)c3c2CC(CC(CCC)C(CC)C(=O)CC(C)=O)CC3=O)C/C=C\C=C/C1. The zero-order valence-corrected chi connectivity index (χ0v) is 28.6. The van der Waals surface area contributed by atoms with E-state index in [1.165, 1.54) is 54.9 Å². The number of benzene rings is 1. The van der Waals surface area contributed by atoms with Crippen LogP contribution in [0.2, 0.25) is 0 Å². The number of Topliss-reactive ketones (excluding diaryl/α,β-unsaturated/α-hetero) is 3. The Kier molecular flexibility index (Phi) is 14.8. The molecule has 3 unspecified atom stereocenters. The van der Waals surface area contributed by atoms with Crippen LogP contribution in [0.1, 0.15) is 145 Å². The number of allylic oxidation sites excluding steroid dienone is 8. The molecule has 0 amide bonds. The van der Waals surface area contributed by atoms with E-state index in [0.29, 0.717) is 6.42 Å². The lowest BCUT2D eigenvalue weighted by Crippen LogP contribution is -2.30. The zero-order chi connectivity index (χ0) is 32.1. The normalized spacial score (nSPS) is 22.2. The van der Waals surface area contributed by atoms with Crippen LogP contribution in [0.15, 0.2) is 54.2 Å². The van der Waals surface area contributed by atoms with Gasteiger partial charge in [-0.05, 0) is 92.4 Å². The molecule has 0 aromatic heterocycles. The second-order valence-corrected chi connectivity index (χ2v) is 13.6. The van der Waals surface area contributed by atoms with Crippen LogP contribution in [-0.2, 0) is 16.0 Å². The molecule has 3 rings (SSSR count). The maximum absolute atomic E-state index is 13.8. The lowest BCUT2D eigenvalue weighted by molar-refractivity contribution is -0.129. The highest BCUT2D eigenvalue weighted by molar-refractivity contribution is 6.01. The summed E-state index contributed by atoms with van der Waals surface area (Å²) in [6.45, 7) is 12.4. The highest BCUT2D eigenvalue weighted by Crippen LogP contribution is 2.40. The van der Waals surface area contributed by atoms with Crippen molar-refractivity contribution in [1.82, 2.24) is 0 Å². The molecule has 44 heavy (non-hydrogen) atoms. The summed E-state index contributed by atoms with van der Waals surface area (Å²) in [4.78, 5) is 38.6. The van der Waals surface area contributed by atoms with E-state index >= 15 is 0 Å². The predicted molar refractivity (Wildman–Crippen MR) is 186 cm³/mol. The molecule has 1 aromatic rings. The molecule has 0 saturated heterocycles. The van der Waals surface area contributed by atoms with Gasteiger partial charge in [0.1, 0.15) is 11.6 Å². The van der Waals surface area contributed by atoms with Crippen molar-refractivity contribution in [3.8, 4) is 0 Å². The molecule has 0 bridgehead atoms. The number of fused-ring (bicyclic) bond motifs is 1. The molecule has 0 radical (unpaired) electrons. The monoisotopic (exact) mass is 598 g/mol. The maximum atomic E-state index is 13.8. The fourth-order valence-electron chi connectivity index (χ4n) is 7.85. The lowest BCUT2D eigenvalue weighted by atomic mass is 9.71. The first-order valence-electron chi connectivity index (χ1n) is 17.6. The Balaban J connectivity index is 1.97. The minimum absolute atomic E-state index is 0.0263. The van der Waals surface area contributed by atoms with Gasteiger partial charge in [-0.25, -0.2) is 0 Å². The molecule has 0 spiro atoms. The van der Waals surface area contributed by atoms with E-state index in [4.69, 9.17) is 0 Å². The van der Waals surface area contributed by atoms with Crippen molar-refractivity contribution in [1.29, 1.82) is 0 Å². The summed E-state index contributed by atoms with van der Waals surface area (Å²) >= 11 is 0. The van der Waals surface area contributed by atoms with Crippen molar-refractivity contribution < 1.29 is 14.4 Å². The highest BCUT2D eigenvalue weighted by Gasteiger charge is 2.34. The smallest absolute Gasteiger partial charge is 0.163 e. The standard InChI is InChI=1S/C41H58O3/c1-7-15-31(16-8-2)25-32-18-13-11-12-14-19-34(22-21-32)37-23-20-29(5)41-38(37)27-33(28-40(41)44)26-35(17-9-3)36(10-4)39(43)24-30(6)42/h11-14,20-23,31,33,35-36H,7-10,15-19,24-28H2,1-6H3/b13-11-,14-12-,32-21+,34-22+. The van der Waals surface area contributed by atoms with Gasteiger partial charge in [-0.2, -0.15) is 0 Å². The first-order valence-corrected chi connectivity index (χ1v) is 17.6. The first kappa shape index (κ1) is 35.7. The average Bonchev–Trinajstić information content (AvgIpc) is 2.97. The lowest BCUT2D eigenvalue weighted by Gasteiger charge is -2.33. The summed E-state index contributed by atoms with van der Waals surface area (Å²) in [5.74, 6) is 1.29. The van der Waals surface area contributed by atoms with Crippen molar-refractivity contribution >= 4 is 22.9 Å². The third kappa shape index (κ3) is 10.1. The highest BCUT2D eigenvalue weighted by atomic mass is 16.1. The van der Waals surface area contributed by atoms with Crippen molar-refractivity contribution in [2.45, 2.75) is 131 Å². The molecule has 2 aliphatic carbocycles. The van der Waals surface area contributed by atoms with Gasteiger partial charge < -0.3 is 0 Å². The number of carbonyl (C=O) groups excluding carboxylic acids is 3. The summed E-state index contributed by atoms with van der Waals surface area (Å²) in [7, 11) is 0. The van der Waals surface area contributed by atoms with Crippen LogP contribution < -0.4 is 0 Å². The number of hydrogen-bond acceptors (Lipinski definition) is 3. The van der Waals surface area contributed by atoms with E-state index in [-0.39, 0.29) is 41.5 Å².